The Morgan fingerprint density at radius 1 is 1.25 bits per heavy atom. The number of aromatic nitrogens is 3. The van der Waals surface area contributed by atoms with Crippen LogP contribution in [0.5, 0.6) is 0 Å². The summed E-state index contributed by atoms with van der Waals surface area (Å²) in [4.78, 5) is 4.26. The predicted octanol–water partition coefficient (Wildman–Crippen LogP) is 0.0831. The molecule has 4 N–H and O–H groups in total. The van der Waals surface area contributed by atoms with Gasteiger partial charge in [-0.15, -0.1) is 0 Å². The first-order valence-corrected chi connectivity index (χ1v) is 6.10. The van der Waals surface area contributed by atoms with Gasteiger partial charge in [-0.1, -0.05) is 18.2 Å². The molecule has 0 spiro atoms. The van der Waals surface area contributed by atoms with E-state index in [1.807, 2.05) is 6.07 Å². The number of nitrogens with two attached hydrogens (primary N) is 2. The number of halogens is 1. The second kappa shape index (κ2) is 4.73. The number of rotatable bonds is 3. The highest BCUT2D eigenvalue weighted by Crippen LogP contribution is 2.17. The van der Waals surface area contributed by atoms with Gasteiger partial charge in [0.05, 0.1) is 11.9 Å². The Labute approximate surface area is 114 Å². The maximum absolute atomic E-state index is 13.7. The van der Waals surface area contributed by atoms with Crippen LogP contribution >= 0.6 is 0 Å². The molecule has 3 aromatic rings. The number of hydrogen-bond acceptors (Lipinski definition) is 2. The number of fused-ring (bicyclic) bond motifs is 1. The normalized spacial score (nSPS) is 10.8. The first kappa shape index (κ1) is 12.3. The van der Waals surface area contributed by atoms with E-state index in [4.69, 9.17) is 11.1 Å². The van der Waals surface area contributed by atoms with Crippen molar-refractivity contribution in [2.24, 2.45) is 5.73 Å². The molecule has 0 amide bonds. The average molecular weight is 270 g/mol. The van der Waals surface area contributed by atoms with Gasteiger partial charge in [-0.3, -0.25) is 11.1 Å². The molecule has 0 bridgehead atoms. The molecule has 1 aromatic carbocycles. The summed E-state index contributed by atoms with van der Waals surface area (Å²) in [6.07, 6.45) is 1.65. The molecular formula is C14H13FN5+. The zero-order valence-electron chi connectivity index (χ0n) is 10.6. The molecule has 20 heavy (non-hydrogen) atoms. The lowest BCUT2D eigenvalue weighted by molar-refractivity contribution is -0.114. The highest BCUT2D eigenvalue weighted by molar-refractivity contribution is 6.02. The van der Waals surface area contributed by atoms with Crippen LogP contribution in [0.4, 0.5) is 4.39 Å². The van der Waals surface area contributed by atoms with Crippen LogP contribution in [0.25, 0.3) is 11.0 Å². The summed E-state index contributed by atoms with van der Waals surface area (Å²) < 4.78 is 15.3. The van der Waals surface area contributed by atoms with Crippen molar-refractivity contribution in [2.45, 2.75) is 6.54 Å². The van der Waals surface area contributed by atoms with Crippen molar-refractivity contribution >= 4 is 16.9 Å². The van der Waals surface area contributed by atoms with Crippen molar-refractivity contribution in [2.75, 3.05) is 0 Å². The molecule has 5 nitrogen and oxygen atoms in total. The maximum Gasteiger partial charge on any atom is 0.292 e. The molecule has 100 valence electrons. The van der Waals surface area contributed by atoms with E-state index in [9.17, 15) is 4.39 Å². The third kappa shape index (κ3) is 2.01. The highest BCUT2D eigenvalue weighted by Gasteiger charge is 2.17. The molecule has 0 radical (unpaired) electrons. The van der Waals surface area contributed by atoms with Gasteiger partial charge in [-0.2, -0.15) is 5.10 Å². The van der Waals surface area contributed by atoms with Gasteiger partial charge in [0.25, 0.3) is 5.84 Å². The Kier molecular flexibility index (Phi) is 2.90. The summed E-state index contributed by atoms with van der Waals surface area (Å²) in [6, 6.07) is 10.2. The highest BCUT2D eigenvalue weighted by atomic mass is 19.1. The van der Waals surface area contributed by atoms with E-state index in [0.717, 1.165) is 5.39 Å². The van der Waals surface area contributed by atoms with Crippen LogP contribution in [-0.2, 0) is 6.54 Å². The predicted molar refractivity (Wildman–Crippen MR) is 73.3 cm³/mol. The lowest BCUT2D eigenvalue weighted by atomic mass is 10.2. The van der Waals surface area contributed by atoms with Crippen LogP contribution in [0.3, 0.4) is 0 Å². The topological polar surface area (TPSA) is 82.3 Å². The van der Waals surface area contributed by atoms with Crippen molar-refractivity contribution < 1.29 is 9.80 Å². The molecule has 0 unspecified atom stereocenters. The first-order valence-electron chi connectivity index (χ1n) is 6.10. The van der Waals surface area contributed by atoms with Crippen LogP contribution in [0.1, 0.15) is 11.3 Å². The van der Waals surface area contributed by atoms with Gasteiger partial charge in [0.2, 0.25) is 0 Å². The molecule has 0 aliphatic carbocycles. The fourth-order valence-corrected chi connectivity index (χ4v) is 2.12. The molecule has 0 saturated heterocycles. The van der Waals surface area contributed by atoms with E-state index in [0.29, 0.717) is 16.9 Å². The number of amidine groups is 1. The minimum atomic E-state index is -0.279. The Bertz CT molecular complexity index is 793. The van der Waals surface area contributed by atoms with Gasteiger partial charge >= 0.3 is 0 Å². The number of nitrogens with zero attached hydrogens (tertiary/aromatic N) is 3. The Hall–Kier alpha value is -2.76. The van der Waals surface area contributed by atoms with Gasteiger partial charge in [0.15, 0.2) is 11.3 Å². The van der Waals surface area contributed by atoms with E-state index < -0.39 is 0 Å². The minimum absolute atomic E-state index is 0.121. The third-order valence-corrected chi connectivity index (χ3v) is 3.06. The van der Waals surface area contributed by atoms with Crippen LogP contribution in [0.2, 0.25) is 0 Å². The molecule has 0 aliphatic rings. The summed E-state index contributed by atoms with van der Waals surface area (Å²) in [5, 5.41) is 10.7. The van der Waals surface area contributed by atoms with Gasteiger partial charge in [0.1, 0.15) is 5.82 Å². The fourth-order valence-electron chi connectivity index (χ4n) is 2.12. The smallest absolute Gasteiger partial charge is 0.286 e. The zero-order valence-corrected chi connectivity index (χ0v) is 10.6. The van der Waals surface area contributed by atoms with Gasteiger partial charge in [-0.05, 0) is 18.2 Å². The summed E-state index contributed by atoms with van der Waals surface area (Å²) in [5.41, 5.74) is 7.27. The average Bonchev–Trinajstić information content (AvgIpc) is 2.81. The van der Waals surface area contributed by atoms with E-state index in [2.05, 4.69) is 10.1 Å². The van der Waals surface area contributed by atoms with Crippen molar-refractivity contribution in [3.63, 3.8) is 0 Å². The van der Waals surface area contributed by atoms with Crippen molar-refractivity contribution in [3.8, 4) is 0 Å². The summed E-state index contributed by atoms with van der Waals surface area (Å²) in [7, 11) is 0. The second-order valence-electron chi connectivity index (χ2n) is 4.43. The number of pyridine rings is 1. The molecule has 2 heterocycles. The maximum atomic E-state index is 13.7. The summed E-state index contributed by atoms with van der Waals surface area (Å²) in [6.45, 7) is 0.271. The molecule has 3 rings (SSSR count). The van der Waals surface area contributed by atoms with Crippen molar-refractivity contribution in [1.82, 2.24) is 14.8 Å². The molecule has 2 aromatic heterocycles. The third-order valence-electron chi connectivity index (χ3n) is 3.06. The SMILES string of the molecule is NC(=[NH2+])c1nn(Cc2ccccc2F)c2ncccc12. The number of benzene rings is 1. The zero-order chi connectivity index (χ0) is 14.1. The van der Waals surface area contributed by atoms with Gasteiger partial charge in [0, 0.05) is 11.8 Å². The Morgan fingerprint density at radius 2 is 2.05 bits per heavy atom. The van der Waals surface area contributed by atoms with E-state index in [-0.39, 0.29) is 18.2 Å². The fraction of sp³-hybridized carbons (Fsp3) is 0.0714. The van der Waals surface area contributed by atoms with Crippen LogP contribution in [-0.4, -0.2) is 20.6 Å². The standard InChI is InChI=1S/C14H12FN5/c15-11-6-2-1-4-9(11)8-20-14-10(5-3-7-18-14)12(19-20)13(16)17/h1-7H,8H2,(H3,16,17)/p+1. The second-order valence-corrected chi connectivity index (χ2v) is 4.43. The molecule has 6 heteroatoms. The molecule has 0 saturated carbocycles. The van der Waals surface area contributed by atoms with Gasteiger partial charge < -0.3 is 0 Å². The van der Waals surface area contributed by atoms with Crippen molar-refractivity contribution in [3.05, 3.63) is 59.7 Å². The van der Waals surface area contributed by atoms with Gasteiger partial charge in [-0.25, -0.2) is 14.1 Å². The van der Waals surface area contributed by atoms with E-state index in [1.165, 1.54) is 6.07 Å². The monoisotopic (exact) mass is 270 g/mol. The molecular weight excluding hydrogens is 257 g/mol. The Morgan fingerprint density at radius 3 is 2.80 bits per heavy atom. The Balaban J connectivity index is 2.13. The van der Waals surface area contributed by atoms with Crippen LogP contribution < -0.4 is 11.1 Å². The van der Waals surface area contributed by atoms with Crippen LogP contribution in [0.15, 0.2) is 42.6 Å². The summed E-state index contributed by atoms with van der Waals surface area (Å²) >= 11 is 0. The van der Waals surface area contributed by atoms with Crippen molar-refractivity contribution in [1.29, 1.82) is 0 Å². The summed E-state index contributed by atoms with van der Waals surface area (Å²) in [5.74, 6) is -0.159. The van der Waals surface area contributed by atoms with E-state index in [1.54, 1.807) is 35.1 Å². The lowest BCUT2D eigenvalue weighted by Gasteiger charge is -2.04. The lowest BCUT2D eigenvalue weighted by Crippen LogP contribution is -2.46. The molecule has 0 fully saturated rings. The number of hydrogen-bond donors (Lipinski definition) is 2. The quantitative estimate of drug-likeness (QED) is 0.522. The molecule has 0 atom stereocenters. The van der Waals surface area contributed by atoms with E-state index >= 15 is 0 Å². The first-order chi connectivity index (χ1) is 9.66. The van der Waals surface area contributed by atoms with Crippen LogP contribution in [0, 0.1) is 5.82 Å². The minimum Gasteiger partial charge on any atom is -0.286 e. The largest absolute Gasteiger partial charge is 0.292 e. The molecule has 0 aliphatic heterocycles.